The van der Waals surface area contributed by atoms with Crippen LogP contribution in [0.5, 0.6) is 0 Å². The molecule has 152 valence electrons. The summed E-state index contributed by atoms with van der Waals surface area (Å²) in [6.45, 7) is 1.86. The lowest BCUT2D eigenvalue weighted by atomic mass is 10.2. The van der Waals surface area contributed by atoms with Crippen LogP contribution in [-0.2, 0) is 21.1 Å². The van der Waals surface area contributed by atoms with Gasteiger partial charge in [-0.05, 0) is 37.6 Å². The van der Waals surface area contributed by atoms with Gasteiger partial charge in [0.2, 0.25) is 5.91 Å². The first kappa shape index (κ1) is 19.9. The van der Waals surface area contributed by atoms with Gasteiger partial charge in [-0.1, -0.05) is 17.8 Å². The Bertz CT molecular complexity index is 951. The molecule has 1 saturated carbocycles. The number of nitrogens with zero attached hydrogens (tertiary/aromatic N) is 4. The minimum Gasteiger partial charge on any atom is -0.341 e. The average Bonchev–Trinajstić information content (AvgIpc) is 3.03. The van der Waals surface area contributed by atoms with Crippen molar-refractivity contribution >= 4 is 38.8 Å². The van der Waals surface area contributed by atoms with Gasteiger partial charge in [0.15, 0.2) is 15.0 Å². The first-order valence-corrected chi connectivity index (χ1v) is 13.0. The Balaban J connectivity index is 1.46. The van der Waals surface area contributed by atoms with Gasteiger partial charge in [0.05, 0.1) is 16.8 Å². The van der Waals surface area contributed by atoms with Gasteiger partial charge in [-0.25, -0.2) is 8.42 Å². The number of amides is 1. The molecule has 10 heteroatoms. The van der Waals surface area contributed by atoms with Crippen LogP contribution in [0.4, 0.5) is 0 Å². The van der Waals surface area contributed by atoms with E-state index in [4.69, 9.17) is 0 Å². The predicted octanol–water partition coefficient (Wildman–Crippen LogP) is 2.39. The van der Waals surface area contributed by atoms with Gasteiger partial charge < -0.3 is 9.47 Å². The molecule has 2 fully saturated rings. The molecule has 2 atom stereocenters. The normalized spacial score (nSPS) is 22.3. The van der Waals surface area contributed by atoms with Crippen LogP contribution in [0.2, 0.25) is 0 Å². The van der Waals surface area contributed by atoms with Crippen LogP contribution >= 0.6 is 23.1 Å². The number of thioether (sulfide) groups is 1. The fourth-order valence-electron chi connectivity index (χ4n) is 3.53. The molecule has 0 N–H and O–H groups in total. The van der Waals surface area contributed by atoms with Gasteiger partial charge in [0.1, 0.15) is 5.82 Å². The summed E-state index contributed by atoms with van der Waals surface area (Å²) in [5, 5.41) is 11.3. The molecule has 4 rings (SSSR count). The number of sulfone groups is 1. The molecule has 2 aliphatic rings. The highest BCUT2D eigenvalue weighted by molar-refractivity contribution is 8.00. The van der Waals surface area contributed by atoms with E-state index in [9.17, 15) is 13.2 Å². The number of carbonyl (C=O) groups excluding carboxylic acids is 1. The molecule has 1 aliphatic carbocycles. The maximum atomic E-state index is 12.9. The SMILES string of the molecule is C[C@H](Sc1nnc(Cc2cccs2)n1C1CC1)C(=O)N(C)[C@H]1CCS(=O)(=O)C1. The highest BCUT2D eigenvalue weighted by Crippen LogP contribution is 2.40. The Morgan fingerprint density at radius 3 is 2.79 bits per heavy atom. The lowest BCUT2D eigenvalue weighted by molar-refractivity contribution is -0.130. The van der Waals surface area contributed by atoms with E-state index in [0.717, 1.165) is 30.2 Å². The first-order chi connectivity index (χ1) is 13.3. The molecular weight excluding hydrogens is 416 g/mol. The third kappa shape index (κ3) is 4.28. The Labute approximate surface area is 173 Å². The number of thiophene rings is 1. The first-order valence-electron chi connectivity index (χ1n) is 9.44. The highest BCUT2D eigenvalue weighted by atomic mass is 32.2. The monoisotopic (exact) mass is 440 g/mol. The molecule has 0 spiro atoms. The summed E-state index contributed by atoms with van der Waals surface area (Å²) in [5.41, 5.74) is 0. The van der Waals surface area contributed by atoms with Crippen LogP contribution in [-0.4, -0.2) is 63.8 Å². The minimum absolute atomic E-state index is 0.0581. The summed E-state index contributed by atoms with van der Waals surface area (Å²) in [6, 6.07) is 4.33. The van der Waals surface area contributed by atoms with E-state index < -0.39 is 9.84 Å². The topological polar surface area (TPSA) is 85.2 Å². The molecule has 1 amide bonds. The van der Waals surface area contributed by atoms with Gasteiger partial charge in [0, 0.05) is 30.4 Å². The van der Waals surface area contributed by atoms with Crippen molar-refractivity contribution in [3.8, 4) is 0 Å². The minimum atomic E-state index is -3.02. The molecule has 0 aromatic carbocycles. The van der Waals surface area contributed by atoms with Crippen LogP contribution in [0, 0.1) is 0 Å². The zero-order valence-electron chi connectivity index (χ0n) is 15.9. The quantitative estimate of drug-likeness (QED) is 0.615. The highest BCUT2D eigenvalue weighted by Gasteiger charge is 2.35. The van der Waals surface area contributed by atoms with Crippen molar-refractivity contribution in [2.75, 3.05) is 18.6 Å². The lowest BCUT2D eigenvalue weighted by Gasteiger charge is -2.26. The number of carbonyl (C=O) groups is 1. The lowest BCUT2D eigenvalue weighted by Crippen LogP contribution is -2.41. The number of aromatic nitrogens is 3. The van der Waals surface area contributed by atoms with E-state index in [2.05, 4.69) is 26.2 Å². The van der Waals surface area contributed by atoms with E-state index in [1.54, 1.807) is 23.3 Å². The Hall–Kier alpha value is -1.39. The summed E-state index contributed by atoms with van der Waals surface area (Å²) in [5.74, 6) is 1.12. The largest absolute Gasteiger partial charge is 0.341 e. The van der Waals surface area contributed by atoms with E-state index >= 15 is 0 Å². The maximum absolute atomic E-state index is 12.9. The summed E-state index contributed by atoms with van der Waals surface area (Å²) in [6.07, 6.45) is 3.51. The number of rotatable bonds is 7. The standard InChI is InChI=1S/C18H24N4O3S3/c1-12(17(23)21(2)14-7-9-28(24,25)11-14)27-18-20-19-16(22(18)13-5-6-13)10-15-4-3-8-26-15/h3-4,8,12-14H,5-7,9-11H2,1-2H3/t12-,14-/m0/s1. The average molecular weight is 441 g/mol. The third-order valence-corrected chi connectivity index (χ3v) is 8.96. The van der Waals surface area contributed by atoms with Crippen molar-refractivity contribution in [1.29, 1.82) is 0 Å². The molecule has 0 bridgehead atoms. The van der Waals surface area contributed by atoms with Gasteiger partial charge in [0.25, 0.3) is 0 Å². The van der Waals surface area contributed by atoms with Crippen molar-refractivity contribution in [3.05, 3.63) is 28.2 Å². The van der Waals surface area contributed by atoms with Gasteiger partial charge >= 0.3 is 0 Å². The summed E-state index contributed by atoms with van der Waals surface area (Å²) < 4.78 is 25.6. The van der Waals surface area contributed by atoms with Gasteiger partial charge in [-0.2, -0.15) is 0 Å². The zero-order chi connectivity index (χ0) is 19.9. The molecule has 2 aromatic heterocycles. The summed E-state index contributed by atoms with van der Waals surface area (Å²) in [7, 11) is -1.31. The Morgan fingerprint density at radius 1 is 1.39 bits per heavy atom. The Kier molecular flexibility index (Phi) is 5.54. The second kappa shape index (κ2) is 7.79. The van der Waals surface area contributed by atoms with Crippen LogP contribution in [0.1, 0.15) is 42.9 Å². The van der Waals surface area contributed by atoms with E-state index in [1.165, 1.54) is 16.6 Å². The van der Waals surface area contributed by atoms with Crippen molar-refractivity contribution < 1.29 is 13.2 Å². The molecule has 1 aliphatic heterocycles. The van der Waals surface area contributed by atoms with Crippen LogP contribution in [0.3, 0.4) is 0 Å². The number of hydrogen-bond acceptors (Lipinski definition) is 7. The van der Waals surface area contributed by atoms with Crippen molar-refractivity contribution in [3.63, 3.8) is 0 Å². The fourth-order valence-corrected chi connectivity index (χ4v) is 7.05. The molecule has 0 radical (unpaired) electrons. The van der Waals surface area contributed by atoms with Crippen LogP contribution < -0.4 is 0 Å². The van der Waals surface area contributed by atoms with Crippen LogP contribution in [0.15, 0.2) is 22.7 Å². The van der Waals surface area contributed by atoms with Crippen molar-refractivity contribution in [2.24, 2.45) is 0 Å². The smallest absolute Gasteiger partial charge is 0.235 e. The predicted molar refractivity (Wildman–Crippen MR) is 111 cm³/mol. The molecule has 3 heterocycles. The van der Waals surface area contributed by atoms with Crippen LogP contribution in [0.25, 0.3) is 0 Å². The molecule has 1 saturated heterocycles. The Morgan fingerprint density at radius 2 is 2.18 bits per heavy atom. The number of hydrogen-bond donors (Lipinski definition) is 0. The molecule has 0 unspecified atom stereocenters. The zero-order valence-corrected chi connectivity index (χ0v) is 18.4. The fraction of sp³-hybridized carbons (Fsp3) is 0.611. The molecule has 7 nitrogen and oxygen atoms in total. The van der Waals surface area contributed by atoms with Crippen molar-refractivity contribution in [2.45, 2.75) is 55.1 Å². The summed E-state index contributed by atoms with van der Waals surface area (Å²) >= 11 is 3.13. The second-order valence-corrected chi connectivity index (χ2v) is 12.1. The van der Waals surface area contributed by atoms with E-state index in [0.29, 0.717) is 12.5 Å². The maximum Gasteiger partial charge on any atom is 0.235 e. The second-order valence-electron chi connectivity index (χ2n) is 7.52. The molecule has 2 aromatic rings. The van der Waals surface area contributed by atoms with Gasteiger partial charge in [-0.3, -0.25) is 4.79 Å². The van der Waals surface area contributed by atoms with E-state index in [-0.39, 0.29) is 28.7 Å². The summed E-state index contributed by atoms with van der Waals surface area (Å²) in [4.78, 5) is 15.7. The third-order valence-electron chi connectivity index (χ3n) is 5.29. The molecule has 28 heavy (non-hydrogen) atoms. The molecular formula is C18H24N4O3S3. The van der Waals surface area contributed by atoms with Gasteiger partial charge in [-0.15, -0.1) is 21.5 Å². The van der Waals surface area contributed by atoms with Crippen molar-refractivity contribution in [1.82, 2.24) is 19.7 Å². The van der Waals surface area contributed by atoms with E-state index in [1.807, 2.05) is 13.0 Å².